The van der Waals surface area contributed by atoms with Gasteiger partial charge in [0.05, 0.1) is 20.1 Å². The summed E-state index contributed by atoms with van der Waals surface area (Å²) in [6.07, 6.45) is -0.389. The predicted octanol–water partition coefficient (Wildman–Crippen LogP) is -0.513. The second kappa shape index (κ2) is 7.80. The minimum absolute atomic E-state index is 0.166. The smallest absolute Gasteiger partial charge is 0.320 e. The van der Waals surface area contributed by atoms with Crippen LogP contribution >= 0.6 is 0 Å². The van der Waals surface area contributed by atoms with E-state index < -0.39 is 39.1 Å². The standard InChI is InChI=1S/C10H16O7S/c1-3-17-9(12)5-4-8(11)6-18(14,15)7-10(13)16-2/h3-7H2,1-2H3. The van der Waals surface area contributed by atoms with Crippen LogP contribution in [0.3, 0.4) is 0 Å². The van der Waals surface area contributed by atoms with Gasteiger partial charge in [-0.2, -0.15) is 0 Å². The van der Waals surface area contributed by atoms with Gasteiger partial charge in [0.15, 0.2) is 9.84 Å². The van der Waals surface area contributed by atoms with Crippen molar-refractivity contribution < 1.29 is 32.3 Å². The van der Waals surface area contributed by atoms with Gasteiger partial charge in [0.2, 0.25) is 0 Å². The fraction of sp³-hybridized carbons (Fsp3) is 0.700. The molecule has 0 spiro atoms. The Morgan fingerprint density at radius 3 is 2.11 bits per heavy atom. The van der Waals surface area contributed by atoms with Crippen LogP contribution in [0.4, 0.5) is 0 Å². The van der Waals surface area contributed by atoms with E-state index in [1.54, 1.807) is 6.92 Å². The number of rotatable bonds is 8. The molecule has 104 valence electrons. The summed E-state index contributed by atoms with van der Waals surface area (Å²) in [6.45, 7) is 1.83. The summed E-state index contributed by atoms with van der Waals surface area (Å²) < 4.78 is 31.5. The molecule has 0 fully saturated rings. The molecular formula is C10H16O7S. The first-order chi connectivity index (χ1) is 8.30. The number of carbonyl (C=O) groups excluding carboxylic acids is 3. The molecule has 0 N–H and O–H groups in total. The topological polar surface area (TPSA) is 104 Å². The number of ether oxygens (including phenoxy) is 2. The molecule has 7 nitrogen and oxygen atoms in total. The molecule has 0 aliphatic carbocycles. The zero-order chi connectivity index (χ0) is 14.2. The maximum absolute atomic E-state index is 11.3. The first-order valence-corrected chi connectivity index (χ1v) is 7.07. The molecule has 0 saturated carbocycles. The lowest BCUT2D eigenvalue weighted by molar-refractivity contribution is -0.144. The monoisotopic (exact) mass is 280 g/mol. The average Bonchev–Trinajstić information content (AvgIpc) is 2.25. The molecule has 0 bridgehead atoms. The van der Waals surface area contributed by atoms with Gasteiger partial charge in [-0.3, -0.25) is 14.4 Å². The number of hydrogen-bond acceptors (Lipinski definition) is 7. The Morgan fingerprint density at radius 1 is 1.00 bits per heavy atom. The normalized spacial score (nSPS) is 10.8. The Labute approximate surface area is 105 Å². The van der Waals surface area contributed by atoms with Crippen molar-refractivity contribution in [2.45, 2.75) is 19.8 Å². The summed E-state index contributed by atoms with van der Waals surface area (Å²) in [5, 5.41) is 0. The Kier molecular flexibility index (Phi) is 7.18. The van der Waals surface area contributed by atoms with Crippen LogP contribution in [-0.2, 0) is 33.7 Å². The molecule has 0 amide bonds. The van der Waals surface area contributed by atoms with Crippen molar-refractivity contribution in [2.75, 3.05) is 25.2 Å². The summed E-state index contributed by atoms with van der Waals surface area (Å²) in [5.41, 5.74) is 0. The van der Waals surface area contributed by atoms with E-state index in [4.69, 9.17) is 0 Å². The van der Waals surface area contributed by atoms with Gasteiger partial charge in [0.25, 0.3) is 0 Å². The minimum Gasteiger partial charge on any atom is -0.468 e. The third kappa shape index (κ3) is 7.77. The van der Waals surface area contributed by atoms with Gasteiger partial charge in [-0.1, -0.05) is 0 Å². The molecule has 18 heavy (non-hydrogen) atoms. The van der Waals surface area contributed by atoms with Crippen molar-refractivity contribution in [1.82, 2.24) is 0 Å². The highest BCUT2D eigenvalue weighted by atomic mass is 32.2. The van der Waals surface area contributed by atoms with E-state index in [1.807, 2.05) is 0 Å². The van der Waals surface area contributed by atoms with E-state index in [2.05, 4.69) is 9.47 Å². The first-order valence-electron chi connectivity index (χ1n) is 5.25. The number of methoxy groups -OCH3 is 1. The van der Waals surface area contributed by atoms with E-state index in [-0.39, 0.29) is 19.4 Å². The summed E-state index contributed by atoms with van der Waals surface area (Å²) in [5.74, 6) is -3.73. The average molecular weight is 280 g/mol. The largest absolute Gasteiger partial charge is 0.468 e. The second-order valence-corrected chi connectivity index (χ2v) is 5.52. The molecular weight excluding hydrogens is 264 g/mol. The maximum atomic E-state index is 11.3. The first kappa shape index (κ1) is 16.6. The molecule has 0 unspecified atom stereocenters. The fourth-order valence-electron chi connectivity index (χ4n) is 1.08. The van der Waals surface area contributed by atoms with Crippen molar-refractivity contribution in [3.05, 3.63) is 0 Å². The summed E-state index contributed by atoms with van der Waals surface area (Å²) >= 11 is 0. The molecule has 0 aliphatic rings. The van der Waals surface area contributed by atoms with E-state index >= 15 is 0 Å². The van der Waals surface area contributed by atoms with E-state index in [0.29, 0.717) is 0 Å². The van der Waals surface area contributed by atoms with E-state index in [0.717, 1.165) is 7.11 Å². The quantitative estimate of drug-likeness (QED) is 0.551. The molecule has 0 radical (unpaired) electrons. The predicted molar refractivity (Wildman–Crippen MR) is 61.5 cm³/mol. The van der Waals surface area contributed by atoms with Crippen LogP contribution < -0.4 is 0 Å². The van der Waals surface area contributed by atoms with Crippen LogP contribution in [0.1, 0.15) is 19.8 Å². The fourth-order valence-corrected chi connectivity index (χ4v) is 2.30. The lowest BCUT2D eigenvalue weighted by atomic mass is 10.2. The third-order valence-corrected chi connectivity index (χ3v) is 3.30. The molecule has 0 aromatic carbocycles. The van der Waals surface area contributed by atoms with E-state index in [1.165, 1.54) is 0 Å². The highest BCUT2D eigenvalue weighted by Gasteiger charge is 2.21. The number of hydrogen-bond donors (Lipinski definition) is 0. The van der Waals surface area contributed by atoms with Crippen molar-refractivity contribution in [3.63, 3.8) is 0 Å². The van der Waals surface area contributed by atoms with Crippen molar-refractivity contribution >= 4 is 27.6 Å². The van der Waals surface area contributed by atoms with Gasteiger partial charge in [-0.15, -0.1) is 0 Å². The number of sulfone groups is 1. The molecule has 0 aromatic heterocycles. The molecule has 0 rings (SSSR count). The van der Waals surface area contributed by atoms with Crippen molar-refractivity contribution in [2.24, 2.45) is 0 Å². The third-order valence-electron chi connectivity index (χ3n) is 1.86. The van der Waals surface area contributed by atoms with E-state index in [9.17, 15) is 22.8 Å². The zero-order valence-electron chi connectivity index (χ0n) is 10.3. The Balaban J connectivity index is 4.15. The Bertz CT molecular complexity index is 410. The number of carbonyl (C=O) groups is 3. The Hall–Kier alpha value is -1.44. The van der Waals surface area contributed by atoms with Gasteiger partial charge in [0.1, 0.15) is 17.3 Å². The van der Waals surface area contributed by atoms with Gasteiger partial charge >= 0.3 is 11.9 Å². The van der Waals surface area contributed by atoms with Crippen molar-refractivity contribution in [1.29, 1.82) is 0 Å². The second-order valence-electron chi connectivity index (χ2n) is 3.45. The maximum Gasteiger partial charge on any atom is 0.320 e. The molecule has 0 aromatic rings. The van der Waals surface area contributed by atoms with Gasteiger partial charge in [-0.05, 0) is 6.92 Å². The van der Waals surface area contributed by atoms with Crippen LogP contribution in [0.15, 0.2) is 0 Å². The summed E-state index contributed by atoms with van der Waals surface area (Å²) in [7, 11) is -2.77. The molecule has 0 aliphatic heterocycles. The Morgan fingerprint density at radius 2 is 1.61 bits per heavy atom. The molecule has 0 saturated heterocycles. The van der Waals surface area contributed by atoms with Crippen LogP contribution in [-0.4, -0.2) is 51.4 Å². The lowest BCUT2D eigenvalue weighted by Crippen LogP contribution is -2.24. The van der Waals surface area contributed by atoms with Crippen LogP contribution in [0.25, 0.3) is 0 Å². The van der Waals surface area contributed by atoms with Crippen LogP contribution in [0, 0.1) is 0 Å². The number of esters is 2. The summed E-state index contributed by atoms with van der Waals surface area (Å²) in [6, 6.07) is 0. The highest BCUT2D eigenvalue weighted by molar-refractivity contribution is 7.92. The van der Waals surface area contributed by atoms with Gasteiger partial charge < -0.3 is 9.47 Å². The lowest BCUT2D eigenvalue weighted by Gasteiger charge is -2.03. The van der Waals surface area contributed by atoms with Crippen molar-refractivity contribution in [3.8, 4) is 0 Å². The number of ketones is 1. The molecule has 0 atom stereocenters. The highest BCUT2D eigenvalue weighted by Crippen LogP contribution is 2.00. The summed E-state index contributed by atoms with van der Waals surface area (Å²) in [4.78, 5) is 33.0. The zero-order valence-corrected chi connectivity index (χ0v) is 11.1. The van der Waals surface area contributed by atoms with Crippen LogP contribution in [0.5, 0.6) is 0 Å². The molecule has 8 heteroatoms. The van der Waals surface area contributed by atoms with Gasteiger partial charge in [0, 0.05) is 6.42 Å². The minimum atomic E-state index is -3.83. The SMILES string of the molecule is CCOC(=O)CCC(=O)CS(=O)(=O)CC(=O)OC. The van der Waals surface area contributed by atoms with Crippen LogP contribution in [0.2, 0.25) is 0 Å². The number of Topliss-reactive ketones (excluding diaryl/α,β-unsaturated/α-hetero) is 1. The van der Waals surface area contributed by atoms with Gasteiger partial charge in [-0.25, -0.2) is 8.42 Å². The molecule has 0 heterocycles.